The van der Waals surface area contributed by atoms with Gasteiger partial charge >= 0.3 is 6.03 Å². The van der Waals surface area contributed by atoms with Crippen LogP contribution in [0.3, 0.4) is 0 Å². The summed E-state index contributed by atoms with van der Waals surface area (Å²) in [6.07, 6.45) is 6.62. The maximum atomic E-state index is 12.6. The van der Waals surface area contributed by atoms with E-state index < -0.39 is 12.1 Å². The summed E-state index contributed by atoms with van der Waals surface area (Å²) in [5.41, 5.74) is 1.26. The summed E-state index contributed by atoms with van der Waals surface area (Å²) in [5, 5.41) is 2.68. The summed E-state index contributed by atoms with van der Waals surface area (Å²) >= 11 is 0. The molecule has 0 bridgehead atoms. The van der Waals surface area contributed by atoms with E-state index in [1.165, 1.54) is 11.8 Å². The first-order valence-corrected chi connectivity index (χ1v) is 10.6. The van der Waals surface area contributed by atoms with Gasteiger partial charge in [0.15, 0.2) is 0 Å². The van der Waals surface area contributed by atoms with Crippen molar-refractivity contribution in [1.82, 2.24) is 25.0 Å². The summed E-state index contributed by atoms with van der Waals surface area (Å²) in [5.74, 6) is 0.262. The molecular weight excluding hydrogens is 398 g/mol. The molecule has 31 heavy (non-hydrogen) atoms. The van der Waals surface area contributed by atoms with E-state index in [4.69, 9.17) is 4.42 Å². The Kier molecular flexibility index (Phi) is 6.61. The molecule has 2 aromatic heterocycles. The van der Waals surface area contributed by atoms with Gasteiger partial charge in [0, 0.05) is 51.5 Å². The summed E-state index contributed by atoms with van der Waals surface area (Å²) in [6, 6.07) is 6.38. The summed E-state index contributed by atoms with van der Waals surface area (Å²) in [4.78, 5) is 46.6. The van der Waals surface area contributed by atoms with Gasteiger partial charge < -0.3 is 14.6 Å². The fourth-order valence-electron chi connectivity index (χ4n) is 3.96. The highest BCUT2D eigenvalue weighted by Gasteiger charge is 2.38. The van der Waals surface area contributed by atoms with E-state index in [0.29, 0.717) is 25.3 Å². The lowest BCUT2D eigenvalue weighted by Gasteiger charge is -2.35. The van der Waals surface area contributed by atoms with Gasteiger partial charge in [0.1, 0.15) is 11.8 Å². The number of carbonyl (C=O) groups is 3. The average Bonchev–Trinajstić information content (AvgIpc) is 3.41. The first-order valence-electron chi connectivity index (χ1n) is 10.6. The number of hydrogen-bond donors (Lipinski definition) is 1. The zero-order valence-corrected chi connectivity index (χ0v) is 17.4. The van der Waals surface area contributed by atoms with E-state index in [1.54, 1.807) is 24.5 Å². The van der Waals surface area contributed by atoms with Gasteiger partial charge in [-0.05, 0) is 42.7 Å². The van der Waals surface area contributed by atoms with Crippen molar-refractivity contribution in [2.45, 2.75) is 31.8 Å². The zero-order chi connectivity index (χ0) is 21.6. The van der Waals surface area contributed by atoms with Gasteiger partial charge in [-0.1, -0.05) is 0 Å². The van der Waals surface area contributed by atoms with Crippen molar-refractivity contribution in [2.75, 3.05) is 32.7 Å². The average molecular weight is 425 g/mol. The van der Waals surface area contributed by atoms with Crippen LogP contribution in [0.5, 0.6) is 0 Å². The van der Waals surface area contributed by atoms with Crippen LogP contribution in [0.25, 0.3) is 0 Å². The second-order valence-corrected chi connectivity index (χ2v) is 7.87. The number of hydrogen-bond acceptors (Lipinski definition) is 6. The SMILES string of the molecule is O=C(CC[C@@H]1NC(=O)N(Cc2ccco2)C1=O)N1CCN(CCc2ccncc2)CC1. The highest BCUT2D eigenvalue weighted by Crippen LogP contribution is 2.16. The number of amides is 4. The van der Waals surface area contributed by atoms with Crippen LogP contribution in [0.4, 0.5) is 4.79 Å². The van der Waals surface area contributed by atoms with Gasteiger partial charge in [0.2, 0.25) is 5.91 Å². The van der Waals surface area contributed by atoms with Crippen LogP contribution in [-0.4, -0.2) is 76.3 Å². The Balaban J connectivity index is 1.18. The molecule has 164 valence electrons. The summed E-state index contributed by atoms with van der Waals surface area (Å²) in [7, 11) is 0. The number of piperazine rings is 1. The molecule has 4 heterocycles. The lowest BCUT2D eigenvalue weighted by Crippen LogP contribution is -2.49. The van der Waals surface area contributed by atoms with Gasteiger partial charge in [-0.25, -0.2) is 4.79 Å². The molecule has 4 rings (SSSR count). The third-order valence-electron chi connectivity index (χ3n) is 5.84. The second-order valence-electron chi connectivity index (χ2n) is 7.87. The molecule has 0 saturated carbocycles. The van der Waals surface area contributed by atoms with Gasteiger partial charge in [-0.3, -0.25) is 24.4 Å². The summed E-state index contributed by atoms with van der Waals surface area (Å²) < 4.78 is 5.21. The molecule has 9 heteroatoms. The Hall–Kier alpha value is -3.20. The van der Waals surface area contributed by atoms with Gasteiger partial charge in [0.25, 0.3) is 5.91 Å². The number of carbonyl (C=O) groups excluding carboxylic acids is 3. The molecule has 9 nitrogen and oxygen atoms in total. The third-order valence-corrected chi connectivity index (χ3v) is 5.84. The molecule has 2 aliphatic rings. The predicted octanol–water partition coefficient (Wildman–Crippen LogP) is 1.26. The Morgan fingerprint density at radius 1 is 1.13 bits per heavy atom. The standard InChI is InChI=1S/C22H27N5O4/c28-20(26-13-11-25(12-14-26)10-7-17-5-8-23-9-6-17)4-3-19-21(29)27(22(30)24-19)16-18-2-1-15-31-18/h1-2,5-6,8-9,15,19H,3-4,7,10-14,16H2,(H,24,30)/t19-/m0/s1. The maximum absolute atomic E-state index is 12.6. The number of nitrogens with zero attached hydrogens (tertiary/aromatic N) is 4. The fraction of sp³-hybridized carbons (Fsp3) is 0.455. The lowest BCUT2D eigenvalue weighted by atomic mass is 10.1. The highest BCUT2D eigenvalue weighted by molar-refractivity contribution is 6.04. The van der Waals surface area contributed by atoms with E-state index in [1.807, 2.05) is 17.0 Å². The van der Waals surface area contributed by atoms with Crippen LogP contribution >= 0.6 is 0 Å². The van der Waals surface area contributed by atoms with E-state index >= 15 is 0 Å². The number of imide groups is 1. The van der Waals surface area contributed by atoms with Crippen LogP contribution in [0.1, 0.15) is 24.2 Å². The number of nitrogens with one attached hydrogen (secondary N) is 1. The van der Waals surface area contributed by atoms with Crippen molar-refractivity contribution in [3.8, 4) is 0 Å². The number of furan rings is 1. The van der Waals surface area contributed by atoms with Crippen molar-refractivity contribution in [2.24, 2.45) is 0 Å². The topological polar surface area (TPSA) is 99.0 Å². The zero-order valence-electron chi connectivity index (χ0n) is 17.4. The molecule has 2 aliphatic heterocycles. The maximum Gasteiger partial charge on any atom is 0.325 e. The first-order chi connectivity index (χ1) is 15.1. The Bertz CT molecular complexity index is 894. The number of urea groups is 1. The molecule has 0 unspecified atom stereocenters. The fourth-order valence-corrected chi connectivity index (χ4v) is 3.96. The predicted molar refractivity (Wildman–Crippen MR) is 112 cm³/mol. The van der Waals surface area contributed by atoms with Gasteiger partial charge in [-0.15, -0.1) is 0 Å². The largest absolute Gasteiger partial charge is 0.467 e. The second kappa shape index (κ2) is 9.74. The minimum absolute atomic E-state index is 0.0281. The van der Waals surface area contributed by atoms with Crippen LogP contribution in [0, 0.1) is 0 Å². The number of rotatable bonds is 8. The van der Waals surface area contributed by atoms with Crippen LogP contribution in [0.2, 0.25) is 0 Å². The summed E-state index contributed by atoms with van der Waals surface area (Å²) in [6.45, 7) is 4.11. The Morgan fingerprint density at radius 3 is 2.61 bits per heavy atom. The Labute approximate surface area is 181 Å². The van der Waals surface area contributed by atoms with Crippen LogP contribution < -0.4 is 5.32 Å². The van der Waals surface area contributed by atoms with E-state index in [2.05, 4.69) is 15.2 Å². The van der Waals surface area contributed by atoms with Gasteiger partial charge in [0.05, 0.1) is 12.8 Å². The van der Waals surface area contributed by atoms with E-state index in [-0.39, 0.29) is 24.8 Å². The molecule has 0 spiro atoms. The van der Waals surface area contributed by atoms with Crippen LogP contribution in [0.15, 0.2) is 47.3 Å². The molecular formula is C22H27N5O4. The molecule has 2 saturated heterocycles. The molecule has 1 N–H and O–H groups in total. The first kappa shape index (κ1) is 21.0. The number of pyridine rings is 1. The van der Waals surface area contributed by atoms with Crippen molar-refractivity contribution in [3.05, 3.63) is 54.2 Å². The lowest BCUT2D eigenvalue weighted by molar-refractivity contribution is -0.133. The molecule has 0 radical (unpaired) electrons. The molecule has 1 atom stereocenters. The molecule has 0 aliphatic carbocycles. The number of aromatic nitrogens is 1. The normalized spacial score (nSPS) is 19.7. The molecule has 0 aromatic carbocycles. The smallest absolute Gasteiger partial charge is 0.325 e. The van der Waals surface area contributed by atoms with E-state index in [9.17, 15) is 14.4 Å². The van der Waals surface area contributed by atoms with Crippen LogP contribution in [-0.2, 0) is 22.6 Å². The van der Waals surface area contributed by atoms with Gasteiger partial charge in [-0.2, -0.15) is 0 Å². The van der Waals surface area contributed by atoms with Crippen molar-refractivity contribution >= 4 is 17.8 Å². The molecule has 4 amide bonds. The minimum atomic E-state index is -0.659. The van der Waals surface area contributed by atoms with Crippen molar-refractivity contribution in [3.63, 3.8) is 0 Å². The monoisotopic (exact) mass is 425 g/mol. The Morgan fingerprint density at radius 2 is 1.90 bits per heavy atom. The highest BCUT2D eigenvalue weighted by atomic mass is 16.3. The quantitative estimate of drug-likeness (QED) is 0.640. The van der Waals surface area contributed by atoms with Crippen molar-refractivity contribution in [1.29, 1.82) is 0 Å². The molecule has 2 fully saturated rings. The minimum Gasteiger partial charge on any atom is -0.467 e. The molecule has 2 aromatic rings. The van der Waals surface area contributed by atoms with Crippen molar-refractivity contribution < 1.29 is 18.8 Å². The van der Waals surface area contributed by atoms with E-state index in [0.717, 1.165) is 31.0 Å². The third kappa shape index (κ3) is 5.29.